The topological polar surface area (TPSA) is 345 Å². The summed E-state index contributed by atoms with van der Waals surface area (Å²) in [6.45, 7) is 25.3. The molecule has 11 amide bonds. The van der Waals surface area contributed by atoms with Crippen molar-refractivity contribution < 1.29 is 41.9 Å². The molecule has 5 aliphatic heterocycles. The third kappa shape index (κ3) is 33.3. The molecule has 738 valence electrons. The van der Waals surface area contributed by atoms with Crippen molar-refractivity contribution in [2.24, 2.45) is 25.0 Å². The zero-order valence-electron chi connectivity index (χ0n) is 81.2. The quantitative estimate of drug-likeness (QED) is 0.0342. The molecule has 16 rings (SSSR count). The highest BCUT2D eigenvalue weighted by atomic mass is 35.5. The van der Waals surface area contributed by atoms with E-state index in [0.29, 0.717) is 78.5 Å². The number of nitrogens with one attached hydrogen (secondary N) is 15. The highest BCUT2D eigenvalue weighted by molar-refractivity contribution is 6.32. The lowest BCUT2D eigenvalue weighted by Crippen LogP contribution is -2.29. The molecule has 143 heavy (non-hydrogen) atoms. The second-order valence-electron chi connectivity index (χ2n) is 35.1. The summed E-state index contributed by atoms with van der Waals surface area (Å²) in [7, 11) is 0. The van der Waals surface area contributed by atoms with Crippen molar-refractivity contribution in [3.8, 4) is 0 Å². The summed E-state index contributed by atoms with van der Waals surface area (Å²) in [5.41, 5.74) is 20.4. The fourth-order valence-corrected chi connectivity index (χ4v) is 15.5. The molecule has 5 heterocycles. The number of aryl methyl sites for hydroxylation is 5. The molecule has 0 spiro atoms. The van der Waals surface area contributed by atoms with Crippen LogP contribution in [0.1, 0.15) is 159 Å². The predicted octanol–water partition coefficient (Wildman–Crippen LogP) is 28.0. The molecule has 0 radical (unpaired) electrons. The Morgan fingerprint density at radius 2 is 0.538 bits per heavy atom. The number of alkyl halides is 3. The van der Waals surface area contributed by atoms with Gasteiger partial charge in [0.2, 0.25) is 0 Å². The number of carbonyl (C=O) groups is 6. The molecule has 0 fully saturated rings. The number of benzene rings is 11. The minimum atomic E-state index is -4.42. The van der Waals surface area contributed by atoms with E-state index in [4.69, 9.17) is 46.4 Å². The van der Waals surface area contributed by atoms with Gasteiger partial charge in [0, 0.05) is 170 Å². The van der Waals surface area contributed by atoms with E-state index in [0.717, 1.165) is 144 Å². The molecular formula is C110H113Cl4F3N20O6. The van der Waals surface area contributed by atoms with Crippen LogP contribution in [0, 0.1) is 34.6 Å². The number of halogens is 7. The van der Waals surface area contributed by atoms with Crippen LogP contribution in [-0.4, -0.2) is 89.4 Å². The van der Waals surface area contributed by atoms with E-state index in [2.05, 4.69) is 146 Å². The first kappa shape index (κ1) is 106. The minimum absolute atomic E-state index is 0.0434. The van der Waals surface area contributed by atoms with Gasteiger partial charge in [0.15, 0.2) is 0 Å². The van der Waals surface area contributed by atoms with Crippen LogP contribution in [0.3, 0.4) is 0 Å². The molecule has 0 bridgehead atoms. The van der Waals surface area contributed by atoms with E-state index < -0.39 is 17.8 Å². The van der Waals surface area contributed by atoms with Gasteiger partial charge in [0.1, 0.15) is 29.2 Å². The SMILES string of the molecule is Cc1cc(NC(=O)Nc2cccc(C3=CN=C(NC(=O)c4ccccc4)C3)c2)ccc1Cl.Cc1cc(NC(=O)Nc2cccc(C3=CNC(=NC(C)C)C3)c2)ccc1C(F)(F)F.Cc1cc(NC(=O)Nc2cccc(C3=CNC(=NC(C)C)C3)c2)ccc1Cl.Cc1cc(NC(=O)Nc2cccc(C3=CNC(=NC(C)C)C3)c2)ccc1Cl.Cc1cc(NC(=O)Nc2cccc(C3=CNC(=NC(C)C)C3)c2)ccc1Cl. The molecule has 0 unspecified atom stereocenters. The van der Waals surface area contributed by atoms with Gasteiger partial charge in [-0.2, -0.15) is 13.2 Å². The summed E-state index contributed by atoms with van der Waals surface area (Å²) in [6, 6.07) is 71.3. The monoisotopic (exact) mass is 2010 g/mol. The minimum Gasteiger partial charge on any atom is -0.350 e. The molecule has 0 saturated carbocycles. The summed E-state index contributed by atoms with van der Waals surface area (Å²) in [4.78, 5) is 96.3. The fraction of sp³-hybridized carbons (Fsp3) is 0.209. The predicted molar refractivity (Wildman–Crippen MR) is 583 cm³/mol. The lowest BCUT2D eigenvalue weighted by Gasteiger charge is -2.13. The highest BCUT2D eigenvalue weighted by Gasteiger charge is 2.33. The number of aliphatic imine (C=N–C) groups is 5. The van der Waals surface area contributed by atoms with E-state index in [1.807, 2.05) is 224 Å². The average molecular weight is 2010 g/mol. The van der Waals surface area contributed by atoms with Crippen LogP contribution < -0.4 is 79.8 Å². The Labute approximate surface area is 850 Å². The number of carbonyl (C=O) groups excluding carboxylic acids is 6. The van der Waals surface area contributed by atoms with Gasteiger partial charge in [0.25, 0.3) is 5.91 Å². The van der Waals surface area contributed by atoms with E-state index in [-0.39, 0.29) is 65.4 Å². The molecule has 5 aliphatic rings. The first-order valence-electron chi connectivity index (χ1n) is 46.2. The van der Waals surface area contributed by atoms with E-state index in [1.54, 1.807) is 72.9 Å². The summed E-state index contributed by atoms with van der Waals surface area (Å²) in [5.74, 6) is 4.19. The van der Waals surface area contributed by atoms with Crippen molar-refractivity contribution in [1.82, 2.24) is 26.6 Å². The molecule has 33 heteroatoms. The van der Waals surface area contributed by atoms with Crippen molar-refractivity contribution in [2.45, 2.75) is 152 Å². The molecular weight excluding hydrogens is 1900 g/mol. The Morgan fingerprint density at radius 3 is 0.783 bits per heavy atom. The Hall–Kier alpha value is -15.6. The Morgan fingerprint density at radius 1 is 0.294 bits per heavy atom. The summed E-state index contributed by atoms with van der Waals surface area (Å²) >= 11 is 24.1. The second kappa shape index (κ2) is 50.5. The maximum atomic E-state index is 12.9. The average Bonchev–Trinajstić information content (AvgIpc) is 1.63. The van der Waals surface area contributed by atoms with Crippen molar-refractivity contribution in [3.63, 3.8) is 0 Å². The van der Waals surface area contributed by atoms with Gasteiger partial charge in [0.05, 0.1) is 5.56 Å². The van der Waals surface area contributed by atoms with Gasteiger partial charge in [-0.25, -0.2) is 29.0 Å². The number of rotatable bonds is 20. The van der Waals surface area contributed by atoms with Gasteiger partial charge in [-0.1, -0.05) is 125 Å². The van der Waals surface area contributed by atoms with Gasteiger partial charge in [-0.3, -0.25) is 24.8 Å². The smallest absolute Gasteiger partial charge is 0.350 e. The van der Waals surface area contributed by atoms with E-state index in [9.17, 15) is 41.9 Å². The molecule has 15 N–H and O–H groups in total. The molecule has 11 aromatic carbocycles. The third-order valence-electron chi connectivity index (χ3n) is 21.7. The van der Waals surface area contributed by atoms with Gasteiger partial charge in [-0.05, 0) is 337 Å². The van der Waals surface area contributed by atoms with Crippen LogP contribution in [0.15, 0.2) is 299 Å². The Kier molecular flexibility index (Phi) is 37.6. The number of urea groups is 5. The largest absolute Gasteiger partial charge is 0.416 e. The highest BCUT2D eigenvalue weighted by Crippen LogP contribution is 2.36. The molecule has 11 aromatic rings. The summed E-state index contributed by atoms with van der Waals surface area (Å²) in [6.07, 6.45) is 8.58. The van der Waals surface area contributed by atoms with Crippen molar-refractivity contribution in [1.29, 1.82) is 0 Å². The number of amides is 11. The number of anilines is 10. The maximum Gasteiger partial charge on any atom is 0.416 e. The first-order valence-corrected chi connectivity index (χ1v) is 47.7. The van der Waals surface area contributed by atoms with Crippen LogP contribution >= 0.6 is 46.4 Å². The number of hydrogen-bond acceptors (Lipinski definition) is 11. The molecule has 0 aliphatic carbocycles. The Balaban J connectivity index is 0.000000160. The first-order chi connectivity index (χ1) is 68.3. The summed E-state index contributed by atoms with van der Waals surface area (Å²) in [5, 5.41) is 46.3. The molecule has 26 nitrogen and oxygen atoms in total. The standard InChI is InChI=1S/C25H21ClN4O2.C22H23F3N4O.3C21H23ClN4O/c1-16-12-21(10-11-22(16)26)29-25(32)28-20-9-5-8-18(13-20)19-14-23(27-15-19)30-24(31)17-6-3-2-4-7-17;1-13(2)27-20-11-16(12-26-20)15-5-4-6-17(10-15)28-21(30)29-18-7-8-19(14(3)9-18)22(23,24)25;3*1-13(2)24-20-11-16(12-23-20)15-5-4-6-17(10-15)25-21(27)26-18-7-8-19(22)14(3)9-18/h2-13,15H,14H2,1H3,(H,27,30,31)(H2,28,29,32);4-10,12-13H,11H2,1-3H3,(H,26,27)(H2,28,29,30);3*4-10,12-13H,11H2,1-3H3,(H,23,24)(H2,25,26,27). The maximum absolute atomic E-state index is 12.9. The van der Waals surface area contributed by atoms with Crippen molar-refractivity contribution in [2.75, 3.05) is 53.2 Å². The van der Waals surface area contributed by atoms with Gasteiger partial charge in [-0.15, -0.1) is 0 Å². The van der Waals surface area contributed by atoms with Crippen LogP contribution in [0.5, 0.6) is 0 Å². The zero-order valence-corrected chi connectivity index (χ0v) is 84.2. The second-order valence-corrected chi connectivity index (χ2v) is 36.7. The number of nitrogens with zero attached hydrogens (tertiary/aromatic N) is 5. The van der Waals surface area contributed by atoms with Crippen molar-refractivity contribution >= 4 is 196 Å². The number of hydrogen-bond donors (Lipinski definition) is 15. The molecule has 0 atom stereocenters. The Bertz CT molecular complexity index is 6530. The van der Waals surface area contributed by atoms with Gasteiger partial charge >= 0.3 is 36.3 Å². The molecule has 0 saturated heterocycles. The lowest BCUT2D eigenvalue weighted by atomic mass is 10.0. The van der Waals surface area contributed by atoms with Crippen molar-refractivity contribution in [3.05, 3.63) is 361 Å². The van der Waals surface area contributed by atoms with E-state index in [1.165, 1.54) is 19.1 Å². The summed E-state index contributed by atoms with van der Waals surface area (Å²) < 4.78 is 38.6. The fourth-order valence-electron chi connectivity index (χ4n) is 15.0. The lowest BCUT2D eigenvalue weighted by molar-refractivity contribution is -0.138. The normalized spacial score (nSPS) is 14.4. The van der Waals surface area contributed by atoms with Crippen LogP contribution in [0.2, 0.25) is 20.1 Å². The van der Waals surface area contributed by atoms with Gasteiger partial charge < -0.3 is 79.8 Å². The van der Waals surface area contributed by atoms with Crippen LogP contribution in [-0.2, 0) is 6.18 Å². The van der Waals surface area contributed by atoms with Crippen LogP contribution in [0.4, 0.5) is 94.0 Å². The number of amidine groups is 5. The molecule has 0 aromatic heterocycles. The zero-order chi connectivity index (χ0) is 103. The third-order valence-corrected chi connectivity index (χ3v) is 23.4. The van der Waals surface area contributed by atoms with Crippen LogP contribution in [0.25, 0.3) is 27.9 Å². The van der Waals surface area contributed by atoms with E-state index >= 15 is 0 Å².